The molecule has 1 aromatic rings. The van der Waals surface area contributed by atoms with E-state index >= 15 is 0 Å². The van der Waals surface area contributed by atoms with E-state index in [1.165, 1.54) is 0 Å². The fourth-order valence-electron chi connectivity index (χ4n) is 1.82. The van der Waals surface area contributed by atoms with E-state index in [1.54, 1.807) is 13.2 Å². The van der Waals surface area contributed by atoms with Gasteiger partial charge in [-0.25, -0.2) is 4.99 Å². The molecule has 1 aromatic carbocycles. The lowest BCUT2D eigenvalue weighted by Gasteiger charge is -2.12. The minimum Gasteiger partial charge on any atom is -0.493 e. The van der Waals surface area contributed by atoms with Gasteiger partial charge in [0.15, 0.2) is 17.5 Å². The van der Waals surface area contributed by atoms with E-state index in [-0.39, 0.29) is 24.0 Å². The standard InChI is InChI=1S/C17H27N3O2.HI/c1-5-10-19-17(18-7-3)20-13-14-8-9-15(22-11-6-2)16(12-14)21-4;/h5,8-9,12H,1,6-7,10-11,13H2,2-4H3,(H2,18,19,20);1H. The molecule has 0 radical (unpaired) electrons. The molecule has 0 aromatic heterocycles. The predicted molar refractivity (Wildman–Crippen MR) is 107 cm³/mol. The van der Waals surface area contributed by atoms with Crippen LogP contribution in [0.1, 0.15) is 25.8 Å². The van der Waals surface area contributed by atoms with Crippen molar-refractivity contribution in [3.05, 3.63) is 36.4 Å². The van der Waals surface area contributed by atoms with Crippen molar-refractivity contribution in [2.75, 3.05) is 26.8 Å². The van der Waals surface area contributed by atoms with Gasteiger partial charge in [-0.15, -0.1) is 30.6 Å². The second kappa shape index (κ2) is 13.0. The maximum absolute atomic E-state index is 5.65. The minimum atomic E-state index is 0. The lowest BCUT2D eigenvalue weighted by atomic mass is 10.2. The lowest BCUT2D eigenvalue weighted by molar-refractivity contribution is 0.294. The number of ether oxygens (including phenoxy) is 2. The van der Waals surface area contributed by atoms with Gasteiger partial charge in [-0.2, -0.15) is 0 Å². The van der Waals surface area contributed by atoms with Crippen molar-refractivity contribution in [2.45, 2.75) is 26.8 Å². The van der Waals surface area contributed by atoms with Crippen molar-refractivity contribution >= 4 is 29.9 Å². The highest BCUT2D eigenvalue weighted by molar-refractivity contribution is 14.0. The van der Waals surface area contributed by atoms with E-state index in [2.05, 4.69) is 29.1 Å². The molecular formula is C17H28IN3O2. The maximum Gasteiger partial charge on any atom is 0.191 e. The summed E-state index contributed by atoms with van der Waals surface area (Å²) >= 11 is 0. The second-order valence-corrected chi connectivity index (χ2v) is 4.70. The number of halogens is 1. The Bertz CT molecular complexity index is 493. The van der Waals surface area contributed by atoms with Crippen molar-refractivity contribution in [3.8, 4) is 11.5 Å². The van der Waals surface area contributed by atoms with E-state index in [1.807, 2.05) is 25.1 Å². The summed E-state index contributed by atoms with van der Waals surface area (Å²) in [5, 5.41) is 6.36. The van der Waals surface area contributed by atoms with Gasteiger partial charge >= 0.3 is 0 Å². The Labute approximate surface area is 156 Å². The Balaban J connectivity index is 0.00000484. The third kappa shape index (κ3) is 8.11. The van der Waals surface area contributed by atoms with Gasteiger partial charge in [0.25, 0.3) is 0 Å². The average Bonchev–Trinajstić information content (AvgIpc) is 2.55. The van der Waals surface area contributed by atoms with Crippen molar-refractivity contribution in [3.63, 3.8) is 0 Å². The van der Waals surface area contributed by atoms with E-state index in [4.69, 9.17) is 9.47 Å². The van der Waals surface area contributed by atoms with Gasteiger partial charge in [0.05, 0.1) is 20.3 Å². The lowest BCUT2D eigenvalue weighted by Crippen LogP contribution is -2.37. The molecule has 23 heavy (non-hydrogen) atoms. The molecule has 0 spiro atoms. The normalized spacial score (nSPS) is 10.5. The summed E-state index contributed by atoms with van der Waals surface area (Å²) < 4.78 is 11.0. The first-order valence-corrected chi connectivity index (χ1v) is 7.67. The molecule has 1 rings (SSSR count). The SMILES string of the molecule is C=CCNC(=NCc1ccc(OCCC)c(OC)c1)NCC.I. The number of nitrogens with zero attached hydrogens (tertiary/aromatic N) is 1. The van der Waals surface area contributed by atoms with Crippen molar-refractivity contribution in [1.82, 2.24) is 10.6 Å². The van der Waals surface area contributed by atoms with Gasteiger partial charge in [0.1, 0.15) is 0 Å². The first-order chi connectivity index (χ1) is 10.7. The number of hydrogen-bond donors (Lipinski definition) is 2. The molecule has 0 saturated heterocycles. The molecule has 5 nitrogen and oxygen atoms in total. The van der Waals surface area contributed by atoms with Crippen LogP contribution in [0.25, 0.3) is 0 Å². The quantitative estimate of drug-likeness (QED) is 0.272. The highest BCUT2D eigenvalue weighted by Crippen LogP contribution is 2.28. The number of rotatable bonds is 9. The van der Waals surface area contributed by atoms with Crippen LogP contribution in [0.15, 0.2) is 35.8 Å². The molecule has 0 bridgehead atoms. The monoisotopic (exact) mass is 433 g/mol. The Morgan fingerprint density at radius 1 is 1.26 bits per heavy atom. The van der Waals surface area contributed by atoms with Crippen LogP contribution in [-0.4, -0.2) is 32.8 Å². The van der Waals surface area contributed by atoms with Crippen LogP contribution >= 0.6 is 24.0 Å². The van der Waals surface area contributed by atoms with Crippen molar-refractivity contribution < 1.29 is 9.47 Å². The molecule has 6 heteroatoms. The maximum atomic E-state index is 5.65. The zero-order chi connectivity index (χ0) is 16.2. The molecule has 2 N–H and O–H groups in total. The first-order valence-electron chi connectivity index (χ1n) is 7.67. The molecule has 130 valence electrons. The number of hydrogen-bond acceptors (Lipinski definition) is 3. The number of aliphatic imine (C=N–C) groups is 1. The third-order valence-corrected chi connectivity index (χ3v) is 2.87. The van der Waals surface area contributed by atoms with Crippen LogP contribution in [0.2, 0.25) is 0 Å². The second-order valence-electron chi connectivity index (χ2n) is 4.70. The molecule has 0 heterocycles. The predicted octanol–water partition coefficient (Wildman–Crippen LogP) is 3.34. The minimum absolute atomic E-state index is 0. The summed E-state index contributed by atoms with van der Waals surface area (Å²) in [5.41, 5.74) is 1.07. The van der Waals surface area contributed by atoms with Crippen LogP contribution in [0.5, 0.6) is 11.5 Å². The Morgan fingerprint density at radius 3 is 2.65 bits per heavy atom. The van der Waals surface area contributed by atoms with Crippen molar-refractivity contribution in [1.29, 1.82) is 0 Å². The third-order valence-electron chi connectivity index (χ3n) is 2.87. The summed E-state index contributed by atoms with van der Waals surface area (Å²) in [5.74, 6) is 2.28. The molecule has 0 aliphatic heterocycles. The molecule has 0 unspecified atom stereocenters. The average molecular weight is 433 g/mol. The van der Waals surface area contributed by atoms with Crippen LogP contribution in [0.4, 0.5) is 0 Å². The van der Waals surface area contributed by atoms with Gasteiger partial charge in [-0.1, -0.05) is 19.1 Å². The fraction of sp³-hybridized carbons (Fsp3) is 0.471. The smallest absolute Gasteiger partial charge is 0.191 e. The van der Waals surface area contributed by atoms with E-state index in [0.717, 1.165) is 36.0 Å². The largest absolute Gasteiger partial charge is 0.493 e. The van der Waals surface area contributed by atoms with Crippen LogP contribution in [-0.2, 0) is 6.54 Å². The molecule has 0 saturated carbocycles. The molecular weight excluding hydrogens is 405 g/mol. The molecule has 0 amide bonds. The Hall–Kier alpha value is -1.44. The summed E-state index contributed by atoms with van der Waals surface area (Å²) in [6.07, 6.45) is 2.77. The van der Waals surface area contributed by atoms with E-state index in [9.17, 15) is 0 Å². The van der Waals surface area contributed by atoms with Crippen LogP contribution in [0.3, 0.4) is 0 Å². The van der Waals surface area contributed by atoms with E-state index < -0.39 is 0 Å². The number of guanidine groups is 1. The van der Waals surface area contributed by atoms with Crippen LogP contribution in [0, 0.1) is 0 Å². The molecule has 0 atom stereocenters. The van der Waals surface area contributed by atoms with Gasteiger partial charge < -0.3 is 20.1 Å². The summed E-state index contributed by atoms with van der Waals surface area (Å²) in [6, 6.07) is 5.91. The van der Waals surface area contributed by atoms with Gasteiger partial charge in [-0.3, -0.25) is 0 Å². The molecule has 0 aliphatic rings. The molecule has 0 aliphatic carbocycles. The summed E-state index contributed by atoms with van der Waals surface area (Å²) in [6.45, 7) is 10.6. The highest BCUT2D eigenvalue weighted by atomic mass is 127. The Kier molecular flexibility index (Phi) is 12.2. The molecule has 0 fully saturated rings. The topological polar surface area (TPSA) is 54.9 Å². The zero-order valence-corrected chi connectivity index (χ0v) is 16.6. The number of benzene rings is 1. The van der Waals surface area contributed by atoms with Crippen molar-refractivity contribution in [2.24, 2.45) is 4.99 Å². The van der Waals surface area contributed by atoms with Gasteiger partial charge in [-0.05, 0) is 31.0 Å². The van der Waals surface area contributed by atoms with Gasteiger partial charge in [0.2, 0.25) is 0 Å². The van der Waals surface area contributed by atoms with Gasteiger partial charge in [0, 0.05) is 13.1 Å². The highest BCUT2D eigenvalue weighted by Gasteiger charge is 2.05. The fourth-order valence-corrected chi connectivity index (χ4v) is 1.82. The summed E-state index contributed by atoms with van der Waals surface area (Å²) in [4.78, 5) is 4.54. The van der Waals surface area contributed by atoms with E-state index in [0.29, 0.717) is 19.7 Å². The Morgan fingerprint density at radius 2 is 2.04 bits per heavy atom. The number of methoxy groups -OCH3 is 1. The first kappa shape index (κ1) is 21.6. The number of nitrogens with one attached hydrogen (secondary N) is 2. The zero-order valence-electron chi connectivity index (χ0n) is 14.2. The van der Waals surface area contributed by atoms with Crippen LogP contribution < -0.4 is 20.1 Å². The summed E-state index contributed by atoms with van der Waals surface area (Å²) in [7, 11) is 1.65.